The summed E-state index contributed by atoms with van der Waals surface area (Å²) in [5.74, 6) is 2.28. The molecule has 31 heavy (non-hydrogen) atoms. The topological polar surface area (TPSA) is 43.3 Å². The van der Waals surface area contributed by atoms with Gasteiger partial charge in [0.2, 0.25) is 6.23 Å². The van der Waals surface area contributed by atoms with Crippen molar-refractivity contribution < 1.29 is 14.2 Å². The molecule has 5 rings (SSSR count). The van der Waals surface area contributed by atoms with E-state index in [4.69, 9.17) is 19.3 Å². The molecule has 158 valence electrons. The van der Waals surface area contributed by atoms with Crippen LogP contribution in [0.25, 0.3) is 0 Å². The van der Waals surface area contributed by atoms with Gasteiger partial charge in [-0.15, -0.1) is 0 Å². The van der Waals surface area contributed by atoms with Crippen LogP contribution in [-0.2, 0) is 0 Å². The van der Waals surface area contributed by atoms with Gasteiger partial charge in [0.1, 0.15) is 5.75 Å². The number of ether oxygens (including phenoxy) is 3. The van der Waals surface area contributed by atoms with Gasteiger partial charge in [0.05, 0.1) is 26.0 Å². The molecule has 0 saturated carbocycles. The first-order valence-corrected chi connectivity index (χ1v) is 10.5. The van der Waals surface area contributed by atoms with E-state index in [-0.39, 0.29) is 12.3 Å². The highest BCUT2D eigenvalue weighted by atomic mass is 16.5. The number of benzene rings is 3. The number of fused-ring (bicyclic) bond motifs is 3. The molecule has 0 aromatic heterocycles. The average molecular weight is 415 g/mol. The van der Waals surface area contributed by atoms with Gasteiger partial charge in [-0.25, -0.2) is 5.01 Å². The van der Waals surface area contributed by atoms with E-state index in [0.717, 1.165) is 23.4 Å². The molecule has 0 radical (unpaired) electrons. The molecule has 2 heterocycles. The molecular formula is C26H26N2O3. The minimum atomic E-state index is -0.344. The van der Waals surface area contributed by atoms with E-state index in [1.807, 2.05) is 30.3 Å². The number of rotatable bonds is 4. The van der Waals surface area contributed by atoms with E-state index in [0.29, 0.717) is 11.5 Å². The molecule has 0 bridgehead atoms. The summed E-state index contributed by atoms with van der Waals surface area (Å²) in [7, 11) is 3.29. The van der Waals surface area contributed by atoms with Crippen LogP contribution in [0.5, 0.6) is 17.2 Å². The molecule has 5 nitrogen and oxygen atoms in total. The van der Waals surface area contributed by atoms with E-state index in [1.54, 1.807) is 14.2 Å². The van der Waals surface area contributed by atoms with Crippen molar-refractivity contribution in [1.29, 1.82) is 0 Å². The first-order valence-electron chi connectivity index (χ1n) is 10.5. The number of nitrogens with zero attached hydrogens (tertiary/aromatic N) is 2. The van der Waals surface area contributed by atoms with Crippen molar-refractivity contribution in [3.63, 3.8) is 0 Å². The number of methoxy groups -OCH3 is 2. The average Bonchev–Trinajstić information content (AvgIpc) is 3.23. The summed E-state index contributed by atoms with van der Waals surface area (Å²) in [6.45, 7) is 4.27. The highest BCUT2D eigenvalue weighted by molar-refractivity contribution is 6.03. The molecule has 0 spiro atoms. The van der Waals surface area contributed by atoms with Crippen molar-refractivity contribution in [2.75, 3.05) is 14.2 Å². The lowest BCUT2D eigenvalue weighted by atomic mass is 9.94. The van der Waals surface area contributed by atoms with Crippen LogP contribution in [0.4, 0.5) is 0 Å². The van der Waals surface area contributed by atoms with Crippen LogP contribution in [-0.4, -0.2) is 24.9 Å². The first kappa shape index (κ1) is 19.5. The van der Waals surface area contributed by atoms with Crippen molar-refractivity contribution in [3.8, 4) is 17.2 Å². The molecule has 3 aromatic carbocycles. The third-order valence-corrected chi connectivity index (χ3v) is 6.08. The van der Waals surface area contributed by atoms with Gasteiger partial charge in [0.25, 0.3) is 0 Å². The second-order valence-corrected chi connectivity index (χ2v) is 8.09. The summed E-state index contributed by atoms with van der Waals surface area (Å²) in [4.78, 5) is 0. The first-order chi connectivity index (χ1) is 15.1. The normalized spacial score (nSPS) is 19.2. The lowest BCUT2D eigenvalue weighted by Crippen LogP contribution is -2.33. The summed E-state index contributed by atoms with van der Waals surface area (Å²) >= 11 is 0. The zero-order chi connectivity index (χ0) is 21.5. The van der Waals surface area contributed by atoms with Crippen LogP contribution < -0.4 is 14.2 Å². The molecule has 0 saturated heterocycles. The van der Waals surface area contributed by atoms with Gasteiger partial charge in [-0.2, -0.15) is 5.10 Å². The maximum atomic E-state index is 6.46. The Morgan fingerprint density at radius 2 is 1.74 bits per heavy atom. The van der Waals surface area contributed by atoms with Crippen molar-refractivity contribution >= 4 is 5.71 Å². The molecule has 0 unspecified atom stereocenters. The summed E-state index contributed by atoms with van der Waals surface area (Å²) < 4.78 is 17.4. The number of hydrogen-bond acceptors (Lipinski definition) is 5. The second-order valence-electron chi connectivity index (χ2n) is 8.09. The Kier molecular flexibility index (Phi) is 4.81. The highest BCUT2D eigenvalue weighted by Crippen LogP contribution is 2.48. The van der Waals surface area contributed by atoms with E-state index in [9.17, 15) is 0 Å². The third kappa shape index (κ3) is 3.30. The molecule has 0 amide bonds. The fraction of sp³-hybridized carbons (Fsp3) is 0.269. The van der Waals surface area contributed by atoms with Crippen LogP contribution >= 0.6 is 0 Å². The molecular weight excluding hydrogens is 388 g/mol. The van der Waals surface area contributed by atoms with Crippen LogP contribution in [0, 0.1) is 13.8 Å². The number of aryl methyl sites for hydroxylation is 2. The molecule has 0 N–H and O–H groups in total. The zero-order valence-electron chi connectivity index (χ0n) is 18.3. The van der Waals surface area contributed by atoms with Crippen molar-refractivity contribution in [3.05, 3.63) is 88.5 Å². The van der Waals surface area contributed by atoms with E-state index in [1.165, 1.54) is 22.3 Å². The Morgan fingerprint density at radius 1 is 0.935 bits per heavy atom. The number of hydrogen-bond donors (Lipinski definition) is 0. The number of hydrazone groups is 1. The molecule has 0 fully saturated rings. The summed E-state index contributed by atoms with van der Waals surface area (Å²) in [5, 5.41) is 7.17. The van der Waals surface area contributed by atoms with Crippen molar-refractivity contribution in [1.82, 2.24) is 5.01 Å². The molecule has 3 aromatic rings. The minimum absolute atomic E-state index is 0.124. The lowest BCUT2D eigenvalue weighted by molar-refractivity contribution is -0.0191. The predicted molar refractivity (Wildman–Crippen MR) is 121 cm³/mol. The molecule has 0 aliphatic carbocycles. The molecule has 2 aliphatic rings. The maximum absolute atomic E-state index is 6.46. The molecule has 2 atom stereocenters. The van der Waals surface area contributed by atoms with Gasteiger partial charge in [-0.05, 0) is 43.7 Å². The summed E-state index contributed by atoms with van der Waals surface area (Å²) in [6, 6.07) is 20.8. The van der Waals surface area contributed by atoms with E-state index in [2.05, 4.69) is 49.2 Å². The van der Waals surface area contributed by atoms with Gasteiger partial charge in [0.15, 0.2) is 11.5 Å². The largest absolute Gasteiger partial charge is 0.493 e. The Labute approximate surface area is 182 Å². The van der Waals surface area contributed by atoms with Crippen LogP contribution in [0.3, 0.4) is 0 Å². The zero-order valence-corrected chi connectivity index (χ0v) is 18.3. The van der Waals surface area contributed by atoms with Crippen LogP contribution in [0.1, 0.15) is 46.5 Å². The Morgan fingerprint density at radius 3 is 2.52 bits per heavy atom. The van der Waals surface area contributed by atoms with Crippen LogP contribution in [0.2, 0.25) is 0 Å². The molecule has 5 heteroatoms. The predicted octanol–water partition coefficient (Wildman–Crippen LogP) is 5.56. The standard InChI is InChI=1S/C26H26N2O3/c1-16-9-11-19(17(2)13-16)21-15-22-20-7-5-6-8-23(20)31-26(28(22)27-21)18-10-12-24(29-3)25(14-18)30-4/h5-14,22,26H,15H2,1-4H3/t22-,26+/m1/s1. The van der Waals surface area contributed by atoms with Crippen LogP contribution in [0.15, 0.2) is 65.8 Å². The van der Waals surface area contributed by atoms with Gasteiger partial charge in [0, 0.05) is 23.1 Å². The Bertz CT molecular complexity index is 1170. The van der Waals surface area contributed by atoms with Crippen molar-refractivity contribution in [2.45, 2.75) is 32.5 Å². The maximum Gasteiger partial charge on any atom is 0.214 e. The lowest BCUT2D eigenvalue weighted by Gasteiger charge is -2.38. The van der Waals surface area contributed by atoms with Gasteiger partial charge in [-0.3, -0.25) is 0 Å². The summed E-state index contributed by atoms with van der Waals surface area (Å²) in [5.41, 5.74) is 6.94. The van der Waals surface area contributed by atoms with Gasteiger partial charge >= 0.3 is 0 Å². The quantitative estimate of drug-likeness (QED) is 0.560. The fourth-order valence-corrected chi connectivity index (χ4v) is 4.56. The smallest absolute Gasteiger partial charge is 0.214 e. The minimum Gasteiger partial charge on any atom is -0.493 e. The van der Waals surface area contributed by atoms with Gasteiger partial charge in [-0.1, -0.05) is 42.0 Å². The highest BCUT2D eigenvalue weighted by Gasteiger charge is 2.41. The SMILES string of the molecule is COc1ccc([C@@H]2Oc3ccccc3[C@H]3CC(c4ccc(C)cc4C)=NN32)cc1OC. The second kappa shape index (κ2) is 7.65. The van der Waals surface area contributed by atoms with E-state index < -0.39 is 0 Å². The monoisotopic (exact) mass is 414 g/mol. The Hall–Kier alpha value is -3.47. The molecule has 2 aliphatic heterocycles. The third-order valence-electron chi connectivity index (χ3n) is 6.08. The van der Waals surface area contributed by atoms with Gasteiger partial charge < -0.3 is 14.2 Å². The van der Waals surface area contributed by atoms with Crippen molar-refractivity contribution in [2.24, 2.45) is 5.10 Å². The van der Waals surface area contributed by atoms with E-state index >= 15 is 0 Å². The number of para-hydroxylation sites is 1. The Balaban J connectivity index is 1.60. The summed E-state index contributed by atoms with van der Waals surface area (Å²) in [6.07, 6.45) is 0.497. The fourth-order valence-electron chi connectivity index (χ4n) is 4.56.